The highest BCUT2D eigenvalue weighted by Gasteiger charge is 2.27. The Morgan fingerprint density at radius 3 is 3.18 bits per heavy atom. The molecule has 1 aromatic rings. The van der Waals surface area contributed by atoms with Gasteiger partial charge in [-0.1, -0.05) is 0 Å². The molecule has 17 heavy (non-hydrogen) atoms. The number of amides is 1. The predicted molar refractivity (Wildman–Crippen MR) is 69.1 cm³/mol. The van der Waals surface area contributed by atoms with Gasteiger partial charge in [-0.15, -0.1) is 11.3 Å². The normalized spacial score (nSPS) is 24.9. The first-order valence-electron chi connectivity index (χ1n) is 6.08. The number of piperazine rings is 1. The summed E-state index contributed by atoms with van der Waals surface area (Å²) < 4.78 is 0. The van der Waals surface area contributed by atoms with Gasteiger partial charge in [-0.05, 0) is 20.3 Å². The Morgan fingerprint density at radius 2 is 2.47 bits per heavy atom. The molecule has 1 aromatic heterocycles. The van der Waals surface area contributed by atoms with Crippen molar-refractivity contribution in [2.24, 2.45) is 0 Å². The van der Waals surface area contributed by atoms with Gasteiger partial charge in [-0.25, -0.2) is 4.98 Å². The van der Waals surface area contributed by atoms with E-state index in [4.69, 9.17) is 0 Å². The molecule has 2 unspecified atom stereocenters. The Bertz CT molecular complexity index is 366. The average molecular weight is 253 g/mol. The molecule has 1 amide bonds. The predicted octanol–water partition coefficient (Wildman–Crippen LogP) is 1.28. The number of carbonyl (C=O) groups excluding carboxylic acids is 1. The quantitative estimate of drug-likeness (QED) is 0.883. The third-order valence-electron chi connectivity index (χ3n) is 3.43. The van der Waals surface area contributed by atoms with Gasteiger partial charge in [0, 0.05) is 37.0 Å². The van der Waals surface area contributed by atoms with E-state index >= 15 is 0 Å². The van der Waals surface area contributed by atoms with Gasteiger partial charge >= 0.3 is 0 Å². The van der Waals surface area contributed by atoms with E-state index in [0.29, 0.717) is 12.5 Å². The summed E-state index contributed by atoms with van der Waals surface area (Å²) in [6, 6.07) is 0.665. The van der Waals surface area contributed by atoms with Gasteiger partial charge in [0.05, 0.1) is 11.2 Å². The van der Waals surface area contributed by atoms with Gasteiger partial charge in [0.15, 0.2) is 0 Å². The maximum Gasteiger partial charge on any atom is 0.223 e. The lowest BCUT2D eigenvalue weighted by molar-refractivity contribution is -0.134. The molecule has 0 aliphatic carbocycles. The second-order valence-electron chi connectivity index (χ2n) is 4.55. The van der Waals surface area contributed by atoms with Gasteiger partial charge in [-0.3, -0.25) is 4.79 Å². The highest BCUT2D eigenvalue weighted by atomic mass is 32.1. The molecule has 2 rings (SSSR count). The molecule has 0 bridgehead atoms. The maximum absolute atomic E-state index is 12.1. The largest absolute Gasteiger partial charge is 0.337 e. The van der Waals surface area contributed by atoms with Crippen molar-refractivity contribution < 1.29 is 4.79 Å². The number of carbonyl (C=O) groups is 1. The summed E-state index contributed by atoms with van der Waals surface area (Å²) >= 11 is 1.58. The third-order valence-corrected chi connectivity index (χ3v) is 4.07. The molecule has 2 heterocycles. The van der Waals surface area contributed by atoms with Crippen LogP contribution in [0.2, 0.25) is 0 Å². The summed E-state index contributed by atoms with van der Waals surface area (Å²) in [5, 5.41) is 5.39. The fourth-order valence-corrected chi connectivity index (χ4v) is 2.74. The average Bonchev–Trinajstić information content (AvgIpc) is 2.82. The van der Waals surface area contributed by atoms with E-state index in [2.05, 4.69) is 24.1 Å². The second kappa shape index (κ2) is 5.60. The van der Waals surface area contributed by atoms with Gasteiger partial charge in [0.25, 0.3) is 0 Å². The van der Waals surface area contributed by atoms with Crippen LogP contribution in [0.25, 0.3) is 0 Å². The van der Waals surface area contributed by atoms with Crippen LogP contribution >= 0.6 is 11.3 Å². The minimum Gasteiger partial charge on any atom is -0.337 e. The SMILES string of the molecule is CC1NCCN(C(=O)CCc2cscn2)C1C. The van der Waals surface area contributed by atoms with Crippen LogP contribution in [0.15, 0.2) is 10.9 Å². The lowest BCUT2D eigenvalue weighted by Gasteiger charge is -2.38. The number of nitrogens with zero attached hydrogens (tertiary/aromatic N) is 2. The van der Waals surface area contributed by atoms with Crippen LogP contribution in [0.5, 0.6) is 0 Å². The van der Waals surface area contributed by atoms with Gasteiger partial charge in [0.2, 0.25) is 5.91 Å². The summed E-state index contributed by atoms with van der Waals surface area (Å²) in [6.45, 7) is 5.96. The fraction of sp³-hybridized carbons (Fsp3) is 0.667. The summed E-state index contributed by atoms with van der Waals surface area (Å²) in [5.74, 6) is 0.249. The van der Waals surface area contributed by atoms with Gasteiger partial charge in [-0.2, -0.15) is 0 Å². The number of nitrogens with one attached hydrogen (secondary N) is 1. The second-order valence-corrected chi connectivity index (χ2v) is 5.27. The van der Waals surface area contributed by atoms with Crippen molar-refractivity contribution in [2.45, 2.75) is 38.8 Å². The molecule has 5 heteroatoms. The molecule has 1 aliphatic heterocycles. The van der Waals surface area contributed by atoms with Gasteiger partial charge in [0.1, 0.15) is 0 Å². The zero-order valence-corrected chi connectivity index (χ0v) is 11.2. The molecule has 94 valence electrons. The first-order chi connectivity index (χ1) is 8.18. The first-order valence-corrected chi connectivity index (χ1v) is 7.02. The van der Waals surface area contributed by atoms with E-state index < -0.39 is 0 Å². The lowest BCUT2D eigenvalue weighted by Crippen LogP contribution is -2.57. The summed E-state index contributed by atoms with van der Waals surface area (Å²) in [5.41, 5.74) is 2.84. The van der Waals surface area contributed by atoms with Crippen LogP contribution in [-0.4, -0.2) is 41.0 Å². The topological polar surface area (TPSA) is 45.2 Å². The van der Waals surface area contributed by atoms with Crippen LogP contribution in [-0.2, 0) is 11.2 Å². The van der Waals surface area contributed by atoms with Crippen LogP contribution in [0.3, 0.4) is 0 Å². The molecule has 1 saturated heterocycles. The molecule has 0 spiro atoms. The monoisotopic (exact) mass is 253 g/mol. The molecule has 0 saturated carbocycles. The van der Waals surface area contributed by atoms with E-state index in [1.165, 1.54) is 0 Å². The maximum atomic E-state index is 12.1. The number of aromatic nitrogens is 1. The molecule has 0 radical (unpaired) electrons. The Balaban J connectivity index is 1.86. The Morgan fingerprint density at radius 1 is 1.65 bits per heavy atom. The number of hydrogen-bond donors (Lipinski definition) is 1. The van der Waals surface area contributed by atoms with Crippen molar-refractivity contribution >= 4 is 17.2 Å². The van der Waals surface area contributed by atoms with Crippen molar-refractivity contribution in [2.75, 3.05) is 13.1 Å². The number of rotatable bonds is 3. The first kappa shape index (κ1) is 12.5. The third kappa shape index (κ3) is 3.04. The molecular formula is C12H19N3OS. The number of hydrogen-bond acceptors (Lipinski definition) is 4. The molecule has 1 N–H and O–H groups in total. The van der Waals surface area contributed by atoms with E-state index in [1.54, 1.807) is 11.3 Å². The fourth-order valence-electron chi connectivity index (χ4n) is 2.15. The van der Waals surface area contributed by atoms with E-state index in [9.17, 15) is 4.79 Å². The van der Waals surface area contributed by atoms with Gasteiger partial charge < -0.3 is 10.2 Å². The van der Waals surface area contributed by atoms with Crippen molar-refractivity contribution in [3.8, 4) is 0 Å². The summed E-state index contributed by atoms with van der Waals surface area (Å²) in [7, 11) is 0. The smallest absolute Gasteiger partial charge is 0.223 e. The molecule has 2 atom stereocenters. The molecular weight excluding hydrogens is 234 g/mol. The van der Waals surface area contributed by atoms with Crippen LogP contribution in [0, 0.1) is 0 Å². The Labute approximate surface area is 106 Å². The molecule has 4 nitrogen and oxygen atoms in total. The minimum atomic E-state index is 0.249. The highest BCUT2D eigenvalue weighted by Crippen LogP contribution is 2.12. The Hall–Kier alpha value is -0.940. The van der Waals surface area contributed by atoms with Crippen molar-refractivity contribution in [3.05, 3.63) is 16.6 Å². The van der Waals surface area contributed by atoms with Crippen LogP contribution < -0.4 is 5.32 Å². The van der Waals surface area contributed by atoms with Crippen LogP contribution in [0.4, 0.5) is 0 Å². The van der Waals surface area contributed by atoms with E-state index in [0.717, 1.165) is 25.2 Å². The van der Waals surface area contributed by atoms with Crippen molar-refractivity contribution in [1.29, 1.82) is 0 Å². The molecule has 0 aromatic carbocycles. The molecule has 1 aliphatic rings. The minimum absolute atomic E-state index is 0.249. The zero-order valence-electron chi connectivity index (χ0n) is 10.3. The van der Waals surface area contributed by atoms with E-state index in [-0.39, 0.29) is 11.9 Å². The molecule has 1 fully saturated rings. The number of thiazole rings is 1. The van der Waals surface area contributed by atoms with Crippen molar-refractivity contribution in [3.63, 3.8) is 0 Å². The highest BCUT2D eigenvalue weighted by molar-refractivity contribution is 7.07. The summed E-state index contributed by atoms with van der Waals surface area (Å²) in [6.07, 6.45) is 1.33. The summed E-state index contributed by atoms with van der Waals surface area (Å²) in [4.78, 5) is 18.3. The Kier molecular flexibility index (Phi) is 4.12. The lowest BCUT2D eigenvalue weighted by atomic mass is 10.1. The number of aryl methyl sites for hydroxylation is 1. The standard InChI is InChI=1S/C12H19N3OS/c1-9-10(2)15(6-5-13-9)12(16)4-3-11-7-17-8-14-11/h7-10,13H,3-6H2,1-2H3. The zero-order chi connectivity index (χ0) is 12.3. The van der Waals surface area contributed by atoms with Crippen molar-refractivity contribution in [1.82, 2.24) is 15.2 Å². The van der Waals surface area contributed by atoms with Crippen LogP contribution in [0.1, 0.15) is 26.0 Å². The van der Waals surface area contributed by atoms with E-state index in [1.807, 2.05) is 15.8 Å².